The van der Waals surface area contributed by atoms with Crippen molar-refractivity contribution in [3.8, 4) is 0 Å². The molecular weight excluding hydrogens is 258 g/mol. The van der Waals surface area contributed by atoms with E-state index in [1.807, 2.05) is 4.90 Å². The van der Waals surface area contributed by atoms with Crippen molar-refractivity contribution in [2.24, 2.45) is 5.41 Å². The normalized spacial score (nSPS) is 29.9. The van der Waals surface area contributed by atoms with Gasteiger partial charge in [0.1, 0.15) is 6.61 Å². The highest BCUT2D eigenvalue weighted by molar-refractivity contribution is 5.77. The van der Waals surface area contributed by atoms with Gasteiger partial charge in [0.25, 0.3) is 0 Å². The summed E-state index contributed by atoms with van der Waals surface area (Å²) in [6.45, 7) is 7.26. The van der Waals surface area contributed by atoms with E-state index < -0.39 is 0 Å². The van der Waals surface area contributed by atoms with Crippen LogP contribution < -0.4 is 0 Å². The Morgan fingerprint density at radius 2 is 2.45 bits per heavy atom. The molecule has 0 spiro atoms. The number of amides is 1. The Hall–Kier alpha value is -0.910. The number of ether oxygens (including phenoxy) is 3. The van der Waals surface area contributed by atoms with Crippen molar-refractivity contribution in [1.29, 1.82) is 0 Å². The van der Waals surface area contributed by atoms with E-state index >= 15 is 0 Å². The summed E-state index contributed by atoms with van der Waals surface area (Å²) in [6, 6.07) is 0. The summed E-state index contributed by atoms with van der Waals surface area (Å²) in [5, 5.41) is 0. The van der Waals surface area contributed by atoms with Crippen LogP contribution in [-0.4, -0.2) is 63.5 Å². The molecule has 0 aromatic carbocycles. The molecule has 0 saturated carbocycles. The smallest absolute Gasteiger partial charge is 0.248 e. The van der Waals surface area contributed by atoms with E-state index in [1.165, 1.54) is 0 Å². The fourth-order valence-corrected chi connectivity index (χ4v) is 3.27. The fraction of sp³-hybridized carbons (Fsp3) is 0.800. The number of carbonyl (C=O) groups excluding carboxylic acids is 1. The molecule has 0 aliphatic carbocycles. The number of piperidine rings is 1. The van der Waals surface area contributed by atoms with Gasteiger partial charge in [0.2, 0.25) is 5.91 Å². The number of hydrogen-bond acceptors (Lipinski definition) is 4. The first-order valence-electron chi connectivity index (χ1n) is 7.29. The van der Waals surface area contributed by atoms with Gasteiger partial charge in [-0.15, -0.1) is 6.58 Å². The van der Waals surface area contributed by atoms with Crippen LogP contribution >= 0.6 is 0 Å². The van der Waals surface area contributed by atoms with E-state index in [2.05, 4.69) is 6.58 Å². The van der Waals surface area contributed by atoms with Crippen molar-refractivity contribution < 1.29 is 19.0 Å². The minimum atomic E-state index is -0.0666. The third-order valence-corrected chi connectivity index (χ3v) is 4.23. The lowest BCUT2D eigenvalue weighted by Crippen LogP contribution is -2.58. The van der Waals surface area contributed by atoms with Crippen LogP contribution in [-0.2, 0) is 19.0 Å². The number of carbonyl (C=O) groups is 1. The minimum absolute atomic E-state index is 0.0552. The summed E-state index contributed by atoms with van der Waals surface area (Å²) in [6.07, 6.45) is 4.91. The van der Waals surface area contributed by atoms with Gasteiger partial charge in [-0.2, -0.15) is 0 Å². The van der Waals surface area contributed by atoms with Crippen molar-refractivity contribution >= 4 is 5.91 Å². The maximum absolute atomic E-state index is 12.0. The first-order chi connectivity index (χ1) is 9.72. The zero-order valence-electron chi connectivity index (χ0n) is 12.3. The number of likely N-dealkylation sites (tertiary alicyclic amines) is 1. The van der Waals surface area contributed by atoms with Crippen LogP contribution in [0.5, 0.6) is 0 Å². The molecule has 2 atom stereocenters. The minimum Gasteiger partial charge on any atom is -0.377 e. The molecule has 0 radical (unpaired) electrons. The third kappa shape index (κ3) is 3.40. The van der Waals surface area contributed by atoms with Gasteiger partial charge in [0, 0.05) is 32.2 Å². The molecule has 2 heterocycles. The van der Waals surface area contributed by atoms with Crippen molar-refractivity contribution in [2.45, 2.75) is 25.4 Å². The lowest BCUT2D eigenvalue weighted by molar-refractivity contribution is -0.165. The number of fused-ring (bicyclic) bond motifs is 1. The van der Waals surface area contributed by atoms with Gasteiger partial charge in [-0.25, -0.2) is 0 Å². The predicted octanol–water partition coefficient (Wildman–Crippen LogP) is 1.23. The van der Waals surface area contributed by atoms with E-state index in [-0.39, 0.29) is 24.0 Å². The van der Waals surface area contributed by atoms with Gasteiger partial charge in [-0.1, -0.05) is 6.08 Å². The molecule has 5 nitrogen and oxygen atoms in total. The topological polar surface area (TPSA) is 48.0 Å². The molecule has 0 N–H and O–H groups in total. The second kappa shape index (κ2) is 7.20. The molecule has 0 bridgehead atoms. The second-order valence-corrected chi connectivity index (χ2v) is 5.67. The maximum atomic E-state index is 12.0. The first-order valence-corrected chi connectivity index (χ1v) is 7.29. The van der Waals surface area contributed by atoms with Crippen molar-refractivity contribution in [1.82, 2.24) is 4.90 Å². The van der Waals surface area contributed by atoms with E-state index in [0.717, 1.165) is 32.4 Å². The molecule has 5 heteroatoms. The molecule has 0 unspecified atom stereocenters. The molecule has 2 fully saturated rings. The lowest BCUT2D eigenvalue weighted by Gasteiger charge is -2.50. The molecule has 0 aromatic rings. The molecule has 0 aromatic heterocycles. The maximum Gasteiger partial charge on any atom is 0.248 e. The fourth-order valence-electron chi connectivity index (χ4n) is 3.27. The number of nitrogens with zero attached hydrogens (tertiary/aromatic N) is 1. The molecule has 114 valence electrons. The van der Waals surface area contributed by atoms with Gasteiger partial charge >= 0.3 is 0 Å². The van der Waals surface area contributed by atoms with Crippen LogP contribution in [0.3, 0.4) is 0 Å². The van der Waals surface area contributed by atoms with Gasteiger partial charge in [0.05, 0.1) is 19.3 Å². The number of rotatable bonds is 6. The van der Waals surface area contributed by atoms with E-state index in [9.17, 15) is 4.79 Å². The summed E-state index contributed by atoms with van der Waals surface area (Å²) < 4.78 is 16.6. The Kier molecular flexibility index (Phi) is 5.57. The SMILES string of the molecule is C=CCOC[C@]12CCCO[C@H]1CCN(C(=O)COC)C2. The molecule has 20 heavy (non-hydrogen) atoms. The van der Waals surface area contributed by atoms with E-state index in [1.54, 1.807) is 13.2 Å². The number of methoxy groups -OCH3 is 1. The average Bonchev–Trinajstić information content (AvgIpc) is 2.47. The van der Waals surface area contributed by atoms with Gasteiger partial charge in [-0.3, -0.25) is 4.79 Å². The van der Waals surface area contributed by atoms with Gasteiger partial charge in [-0.05, 0) is 19.3 Å². The average molecular weight is 283 g/mol. The van der Waals surface area contributed by atoms with E-state index in [4.69, 9.17) is 14.2 Å². The molecule has 2 aliphatic rings. The Morgan fingerprint density at radius 1 is 1.60 bits per heavy atom. The quantitative estimate of drug-likeness (QED) is 0.543. The molecule has 2 aliphatic heterocycles. The lowest BCUT2D eigenvalue weighted by atomic mass is 9.73. The van der Waals surface area contributed by atoms with Gasteiger partial charge < -0.3 is 19.1 Å². The van der Waals surface area contributed by atoms with Crippen LogP contribution in [0.4, 0.5) is 0 Å². The van der Waals surface area contributed by atoms with Crippen LogP contribution in [0.1, 0.15) is 19.3 Å². The second-order valence-electron chi connectivity index (χ2n) is 5.67. The monoisotopic (exact) mass is 283 g/mol. The Labute approximate surface area is 120 Å². The molecule has 2 saturated heterocycles. The van der Waals surface area contributed by atoms with Gasteiger partial charge in [0.15, 0.2) is 0 Å². The van der Waals surface area contributed by atoms with Crippen LogP contribution in [0, 0.1) is 5.41 Å². The summed E-state index contributed by atoms with van der Waals surface area (Å²) in [7, 11) is 1.55. The predicted molar refractivity (Wildman–Crippen MR) is 75.5 cm³/mol. The first kappa shape index (κ1) is 15.5. The highest BCUT2D eigenvalue weighted by Crippen LogP contribution is 2.40. The summed E-state index contributed by atoms with van der Waals surface area (Å²) >= 11 is 0. The van der Waals surface area contributed by atoms with Crippen LogP contribution in [0.2, 0.25) is 0 Å². The van der Waals surface area contributed by atoms with Crippen molar-refractivity contribution in [3.05, 3.63) is 12.7 Å². The molecule has 2 rings (SSSR count). The largest absolute Gasteiger partial charge is 0.377 e. The zero-order valence-corrected chi connectivity index (χ0v) is 12.3. The standard InChI is InChI=1S/C15H25NO4/c1-3-8-19-12-15-6-4-9-20-13(15)5-7-16(11-15)14(17)10-18-2/h3,13H,1,4-12H2,2H3/t13-,15+/m0/s1. The Bertz CT molecular complexity index is 347. The molecule has 1 amide bonds. The Balaban J connectivity index is 2.03. The van der Waals surface area contributed by atoms with Crippen LogP contribution in [0.25, 0.3) is 0 Å². The molecular formula is C15H25NO4. The van der Waals surface area contributed by atoms with Crippen molar-refractivity contribution in [3.63, 3.8) is 0 Å². The van der Waals surface area contributed by atoms with E-state index in [0.29, 0.717) is 19.8 Å². The zero-order chi connectivity index (χ0) is 14.4. The number of hydrogen-bond donors (Lipinski definition) is 0. The van der Waals surface area contributed by atoms with Crippen molar-refractivity contribution in [2.75, 3.05) is 46.6 Å². The van der Waals surface area contributed by atoms with Crippen LogP contribution in [0.15, 0.2) is 12.7 Å². The third-order valence-electron chi connectivity index (χ3n) is 4.23. The summed E-state index contributed by atoms with van der Waals surface area (Å²) in [4.78, 5) is 13.9. The summed E-state index contributed by atoms with van der Waals surface area (Å²) in [5.41, 5.74) is -0.0666. The summed E-state index contributed by atoms with van der Waals surface area (Å²) in [5.74, 6) is 0.0552. The highest BCUT2D eigenvalue weighted by Gasteiger charge is 2.47. The highest BCUT2D eigenvalue weighted by atomic mass is 16.5. The Morgan fingerprint density at radius 3 is 3.20 bits per heavy atom.